The first kappa shape index (κ1) is 20.6. The molecule has 0 aliphatic carbocycles. The number of aromatic nitrogens is 2. The molecule has 3 heterocycles. The number of hydrogen-bond acceptors (Lipinski definition) is 7. The van der Waals surface area contributed by atoms with E-state index in [1.165, 1.54) is 22.7 Å². The summed E-state index contributed by atoms with van der Waals surface area (Å²) >= 11 is 1.36. The van der Waals surface area contributed by atoms with Crippen molar-refractivity contribution in [3.8, 4) is 11.1 Å². The lowest BCUT2D eigenvalue weighted by atomic mass is 10.1. The summed E-state index contributed by atoms with van der Waals surface area (Å²) < 4.78 is 1.03. The third kappa shape index (κ3) is 3.76. The summed E-state index contributed by atoms with van der Waals surface area (Å²) in [6, 6.07) is 17.6. The van der Waals surface area contributed by atoms with Crippen LogP contribution in [0.3, 0.4) is 0 Å². The summed E-state index contributed by atoms with van der Waals surface area (Å²) in [6.45, 7) is 1.60. The number of nitrogens with zero attached hydrogens (tertiary/aromatic N) is 4. The van der Waals surface area contributed by atoms with E-state index in [1.54, 1.807) is 31.2 Å². The molecule has 2 N–H and O–H groups in total. The number of nitrogens with one attached hydrogen (secondary N) is 2. The molecule has 1 aliphatic rings. The second kappa shape index (κ2) is 8.32. The largest absolute Gasteiger partial charge is 0.307 e. The summed E-state index contributed by atoms with van der Waals surface area (Å²) in [5, 5.41) is 3.56. The molecule has 9 nitrogen and oxygen atoms in total. The van der Waals surface area contributed by atoms with Crippen molar-refractivity contribution in [2.45, 2.75) is 13.0 Å². The monoisotopic (exact) mass is 458 g/mol. The molecule has 164 valence electrons. The predicted molar refractivity (Wildman–Crippen MR) is 128 cm³/mol. The Labute approximate surface area is 192 Å². The number of fused-ring (bicyclic) bond motifs is 1. The van der Waals surface area contributed by atoms with E-state index in [2.05, 4.69) is 20.8 Å². The van der Waals surface area contributed by atoms with Gasteiger partial charge in [0, 0.05) is 10.9 Å². The van der Waals surface area contributed by atoms with E-state index >= 15 is 0 Å². The third-order valence-corrected chi connectivity index (χ3v) is 6.04. The van der Waals surface area contributed by atoms with Crippen molar-refractivity contribution in [3.63, 3.8) is 0 Å². The summed E-state index contributed by atoms with van der Waals surface area (Å²) in [5.41, 5.74) is 7.07. The lowest BCUT2D eigenvalue weighted by molar-refractivity contribution is -0.120. The van der Waals surface area contributed by atoms with Crippen LogP contribution >= 0.6 is 11.3 Å². The molecule has 0 spiro atoms. The van der Waals surface area contributed by atoms with Gasteiger partial charge in [0.15, 0.2) is 0 Å². The molecule has 4 aromatic rings. The number of carbonyl (C=O) groups is 2. The minimum Gasteiger partial charge on any atom is -0.270 e. The van der Waals surface area contributed by atoms with Crippen LogP contribution in [0.5, 0.6) is 0 Å². The Morgan fingerprint density at radius 2 is 1.76 bits per heavy atom. The van der Waals surface area contributed by atoms with Gasteiger partial charge in [-0.15, -0.1) is 11.3 Å². The van der Waals surface area contributed by atoms with Gasteiger partial charge in [-0.2, -0.15) is 0 Å². The highest BCUT2D eigenvalue weighted by molar-refractivity contribution is 7.17. The molecule has 1 atom stereocenters. The zero-order valence-corrected chi connectivity index (χ0v) is 18.2. The fraction of sp³-hybridized carbons (Fsp3) is 0.0870. The smallest absolute Gasteiger partial charge is 0.270 e. The number of aliphatic imine (C=N–C) groups is 1. The maximum atomic E-state index is 13.2. The fourth-order valence-electron chi connectivity index (χ4n) is 3.51. The van der Waals surface area contributed by atoms with Crippen LogP contribution in [0.4, 0.5) is 5.69 Å². The van der Waals surface area contributed by atoms with Crippen molar-refractivity contribution in [2.24, 2.45) is 4.99 Å². The first-order valence-electron chi connectivity index (χ1n) is 10.1. The highest BCUT2D eigenvalue weighted by atomic mass is 32.1. The number of amidine groups is 1. The van der Waals surface area contributed by atoms with Gasteiger partial charge in [0.2, 0.25) is 5.84 Å². The molecule has 1 aliphatic heterocycles. The molecular formula is C23H18N6O3S. The molecule has 0 saturated carbocycles. The highest BCUT2D eigenvalue weighted by Crippen LogP contribution is 2.30. The number of anilines is 1. The maximum Gasteiger partial charge on any atom is 0.307 e. The van der Waals surface area contributed by atoms with Gasteiger partial charge in [0.1, 0.15) is 17.2 Å². The second-order valence-electron chi connectivity index (χ2n) is 7.33. The number of benzene rings is 2. The predicted octanol–water partition coefficient (Wildman–Crippen LogP) is 2.53. The SMILES string of the molecule is C[C@@H]1N=C(C(=O)Nn2cnc3scc(-c4ccccc4)c3c2=O)NN(c2ccccc2)C1=O. The van der Waals surface area contributed by atoms with Crippen molar-refractivity contribution in [1.82, 2.24) is 15.1 Å². The van der Waals surface area contributed by atoms with Gasteiger partial charge in [-0.1, -0.05) is 48.5 Å². The zero-order chi connectivity index (χ0) is 22.9. The molecule has 0 bridgehead atoms. The minimum absolute atomic E-state index is 0.0912. The van der Waals surface area contributed by atoms with Gasteiger partial charge < -0.3 is 0 Å². The summed E-state index contributed by atoms with van der Waals surface area (Å²) in [5.74, 6) is -1.06. The topological polar surface area (TPSA) is 109 Å². The van der Waals surface area contributed by atoms with Crippen molar-refractivity contribution in [1.29, 1.82) is 0 Å². The van der Waals surface area contributed by atoms with Crippen LogP contribution in [-0.2, 0) is 9.59 Å². The van der Waals surface area contributed by atoms with Crippen LogP contribution in [0.15, 0.2) is 82.2 Å². The number of carbonyl (C=O) groups excluding carboxylic acids is 2. The normalized spacial score (nSPS) is 15.8. The van der Waals surface area contributed by atoms with E-state index in [1.807, 2.05) is 41.8 Å². The van der Waals surface area contributed by atoms with E-state index in [-0.39, 0.29) is 11.7 Å². The number of amides is 2. The van der Waals surface area contributed by atoms with Crippen molar-refractivity contribution in [3.05, 3.63) is 82.7 Å². The number of rotatable bonds is 4. The number of hydrogen-bond donors (Lipinski definition) is 2. The molecule has 5 rings (SSSR count). The lowest BCUT2D eigenvalue weighted by Gasteiger charge is -2.30. The molecule has 2 amide bonds. The van der Waals surface area contributed by atoms with Crippen molar-refractivity contribution in [2.75, 3.05) is 10.4 Å². The Hall–Kier alpha value is -4.31. The summed E-state index contributed by atoms with van der Waals surface area (Å²) in [4.78, 5) is 47.7. The lowest BCUT2D eigenvalue weighted by Crippen LogP contribution is -2.58. The van der Waals surface area contributed by atoms with Crippen LogP contribution in [0.25, 0.3) is 21.3 Å². The third-order valence-electron chi connectivity index (χ3n) is 5.15. The van der Waals surface area contributed by atoms with Crippen LogP contribution in [0.1, 0.15) is 6.92 Å². The fourth-order valence-corrected chi connectivity index (χ4v) is 4.41. The number of thiophene rings is 1. The Morgan fingerprint density at radius 3 is 2.48 bits per heavy atom. The van der Waals surface area contributed by atoms with Crippen LogP contribution in [-0.4, -0.2) is 33.4 Å². The van der Waals surface area contributed by atoms with Gasteiger partial charge in [-0.05, 0) is 24.6 Å². The molecule has 10 heteroatoms. The molecule has 0 unspecified atom stereocenters. The molecule has 0 radical (unpaired) electrons. The van der Waals surface area contributed by atoms with Gasteiger partial charge in [-0.3, -0.25) is 25.2 Å². The van der Waals surface area contributed by atoms with E-state index < -0.39 is 17.5 Å². The maximum absolute atomic E-state index is 13.2. The van der Waals surface area contributed by atoms with Gasteiger partial charge >= 0.3 is 5.91 Å². The number of hydrazine groups is 1. The summed E-state index contributed by atoms with van der Waals surface area (Å²) in [6.07, 6.45) is 1.26. The first-order valence-corrected chi connectivity index (χ1v) is 11.0. The van der Waals surface area contributed by atoms with Crippen molar-refractivity contribution >= 4 is 44.9 Å². The zero-order valence-electron chi connectivity index (χ0n) is 17.4. The van der Waals surface area contributed by atoms with Gasteiger partial charge in [-0.25, -0.2) is 19.7 Å². The quantitative estimate of drug-likeness (QED) is 0.489. The van der Waals surface area contributed by atoms with E-state index in [0.29, 0.717) is 15.9 Å². The molecule has 33 heavy (non-hydrogen) atoms. The Morgan fingerprint density at radius 1 is 1.06 bits per heavy atom. The molecular weight excluding hydrogens is 440 g/mol. The van der Waals surface area contributed by atoms with E-state index in [9.17, 15) is 14.4 Å². The molecule has 2 aromatic heterocycles. The van der Waals surface area contributed by atoms with Crippen LogP contribution in [0.2, 0.25) is 0 Å². The van der Waals surface area contributed by atoms with Gasteiger partial charge in [0.05, 0.1) is 11.1 Å². The molecule has 0 saturated heterocycles. The van der Waals surface area contributed by atoms with E-state index in [4.69, 9.17) is 0 Å². The van der Waals surface area contributed by atoms with Gasteiger partial charge in [0.25, 0.3) is 11.5 Å². The molecule has 0 fully saturated rings. The van der Waals surface area contributed by atoms with Crippen LogP contribution < -0.4 is 21.4 Å². The first-order chi connectivity index (χ1) is 16.0. The Bertz CT molecular complexity index is 1450. The summed E-state index contributed by atoms with van der Waals surface area (Å²) in [7, 11) is 0. The average molecular weight is 459 g/mol. The minimum atomic E-state index is -0.772. The second-order valence-corrected chi connectivity index (χ2v) is 8.19. The average Bonchev–Trinajstić information content (AvgIpc) is 3.28. The van der Waals surface area contributed by atoms with Crippen LogP contribution in [0, 0.1) is 0 Å². The number of para-hydroxylation sites is 1. The Kier molecular flexibility index (Phi) is 5.19. The van der Waals surface area contributed by atoms with Crippen molar-refractivity contribution < 1.29 is 9.59 Å². The molecule has 2 aromatic carbocycles. The van der Waals surface area contributed by atoms with E-state index in [0.717, 1.165) is 15.8 Å². The standard InChI is InChI=1S/C23H18N6O3S/c1-14-22(31)29(16-10-6-3-7-11-16)26-19(25-14)20(30)27-28-13-24-21-18(23(28)32)17(12-33-21)15-8-4-2-5-9-15/h2-14H,1H3,(H,25,26)(H,27,30)/t14-/m0/s1. The Balaban J connectivity index is 1.46. The highest BCUT2D eigenvalue weighted by Gasteiger charge is 2.31.